The van der Waals surface area contributed by atoms with Crippen LogP contribution in [0.25, 0.3) is 0 Å². The van der Waals surface area contributed by atoms with E-state index in [-0.39, 0.29) is 11.7 Å². The molecule has 3 heteroatoms. The Kier molecular flexibility index (Phi) is 2.18. The van der Waals surface area contributed by atoms with Crippen LogP contribution in [0.1, 0.15) is 5.56 Å². The van der Waals surface area contributed by atoms with Crippen molar-refractivity contribution >= 4 is 17.3 Å². The second-order valence-corrected chi connectivity index (χ2v) is 4.01. The van der Waals surface area contributed by atoms with Crippen molar-refractivity contribution in [2.75, 3.05) is 4.90 Å². The minimum Gasteiger partial charge on any atom is -0.280 e. The van der Waals surface area contributed by atoms with Gasteiger partial charge in [0, 0.05) is 0 Å². The quantitative estimate of drug-likeness (QED) is 0.733. The zero-order chi connectivity index (χ0) is 11.8. The summed E-state index contributed by atoms with van der Waals surface area (Å²) in [5.74, 6) is -0.350. The zero-order valence-corrected chi connectivity index (χ0v) is 9.06. The van der Waals surface area contributed by atoms with Crippen molar-refractivity contribution in [3.63, 3.8) is 0 Å². The van der Waals surface area contributed by atoms with Crippen LogP contribution < -0.4 is 4.90 Å². The van der Waals surface area contributed by atoms with E-state index < -0.39 is 0 Å². The highest BCUT2D eigenvalue weighted by Crippen LogP contribution is 2.35. The summed E-state index contributed by atoms with van der Waals surface area (Å²) < 4.78 is 13.2. The molecule has 1 aliphatic heterocycles. The predicted molar refractivity (Wildman–Crippen MR) is 63.7 cm³/mol. The van der Waals surface area contributed by atoms with Crippen molar-refractivity contribution in [2.24, 2.45) is 0 Å². The fourth-order valence-corrected chi connectivity index (χ4v) is 2.15. The van der Waals surface area contributed by atoms with Gasteiger partial charge < -0.3 is 0 Å². The Hall–Kier alpha value is -2.16. The van der Waals surface area contributed by atoms with Crippen LogP contribution in [0.5, 0.6) is 0 Å². The molecule has 1 amide bonds. The third-order valence-electron chi connectivity index (χ3n) is 2.89. The Labute approximate surface area is 98.3 Å². The molecule has 2 nitrogen and oxygen atoms in total. The number of carbonyl (C=O) groups excluding carboxylic acids is 1. The molecule has 0 N–H and O–H groups in total. The third-order valence-corrected chi connectivity index (χ3v) is 2.89. The van der Waals surface area contributed by atoms with Crippen LogP contribution >= 0.6 is 0 Å². The number of anilines is 2. The fraction of sp³-hybridized carbons (Fsp3) is 0.0714. The van der Waals surface area contributed by atoms with Gasteiger partial charge >= 0.3 is 0 Å². The highest BCUT2D eigenvalue weighted by Gasteiger charge is 2.27. The van der Waals surface area contributed by atoms with Crippen LogP contribution in [0, 0.1) is 5.82 Å². The molecule has 1 heterocycles. The largest absolute Gasteiger partial charge is 0.280 e. The van der Waals surface area contributed by atoms with Crippen molar-refractivity contribution in [2.45, 2.75) is 6.42 Å². The monoisotopic (exact) mass is 227 g/mol. The van der Waals surface area contributed by atoms with Gasteiger partial charge in [-0.2, -0.15) is 0 Å². The first-order valence-electron chi connectivity index (χ1n) is 5.42. The van der Waals surface area contributed by atoms with Gasteiger partial charge in [0.15, 0.2) is 0 Å². The average Bonchev–Trinajstić information content (AvgIpc) is 2.64. The topological polar surface area (TPSA) is 20.3 Å². The molecule has 0 radical (unpaired) electrons. The lowest BCUT2D eigenvalue weighted by Gasteiger charge is -2.17. The number of nitrogens with zero attached hydrogens (tertiary/aromatic N) is 1. The zero-order valence-electron chi connectivity index (χ0n) is 9.06. The number of para-hydroxylation sites is 1. The number of fused-ring (bicyclic) bond motifs is 1. The van der Waals surface area contributed by atoms with Crippen LogP contribution in [0.4, 0.5) is 15.8 Å². The molecule has 0 aliphatic carbocycles. The number of hydrogen-bond acceptors (Lipinski definition) is 1. The van der Waals surface area contributed by atoms with Crippen LogP contribution in [0.3, 0.4) is 0 Å². The van der Waals surface area contributed by atoms with E-state index in [4.69, 9.17) is 0 Å². The van der Waals surface area contributed by atoms with Crippen molar-refractivity contribution in [1.82, 2.24) is 0 Å². The van der Waals surface area contributed by atoms with E-state index in [1.54, 1.807) is 17.0 Å². The van der Waals surface area contributed by atoms with E-state index in [0.29, 0.717) is 12.1 Å². The summed E-state index contributed by atoms with van der Waals surface area (Å²) in [6.45, 7) is 0. The van der Waals surface area contributed by atoms with Crippen molar-refractivity contribution < 1.29 is 9.18 Å². The van der Waals surface area contributed by atoms with Gasteiger partial charge in [0.1, 0.15) is 5.82 Å². The number of halogens is 1. The molecule has 2 aromatic rings. The van der Waals surface area contributed by atoms with Gasteiger partial charge in [-0.15, -0.1) is 0 Å². The maximum Gasteiger partial charge on any atom is 0.236 e. The number of carbonyl (C=O) groups is 1. The standard InChI is InChI=1S/C14H10FNO/c15-11-5-3-6-12(9-11)16-13-7-2-1-4-10(13)8-14(16)17/h1-7,9H,8H2. The summed E-state index contributed by atoms with van der Waals surface area (Å²) in [7, 11) is 0. The summed E-state index contributed by atoms with van der Waals surface area (Å²) in [6.07, 6.45) is 0.382. The minimum atomic E-state index is -0.334. The fourth-order valence-electron chi connectivity index (χ4n) is 2.15. The summed E-state index contributed by atoms with van der Waals surface area (Å²) in [6, 6.07) is 13.7. The molecule has 0 saturated heterocycles. The van der Waals surface area contributed by atoms with Gasteiger partial charge in [0.25, 0.3) is 0 Å². The molecule has 0 fully saturated rings. The highest BCUT2D eigenvalue weighted by atomic mass is 19.1. The average molecular weight is 227 g/mol. The Morgan fingerprint density at radius 3 is 2.71 bits per heavy atom. The molecule has 0 unspecified atom stereocenters. The first-order valence-corrected chi connectivity index (χ1v) is 5.42. The molecule has 0 atom stereocenters. The SMILES string of the molecule is O=C1Cc2ccccc2N1c1cccc(F)c1. The van der Waals surface area contributed by atoms with E-state index in [1.807, 2.05) is 24.3 Å². The molecule has 1 aliphatic rings. The molecule has 0 spiro atoms. The van der Waals surface area contributed by atoms with E-state index in [0.717, 1.165) is 11.3 Å². The molecule has 84 valence electrons. The molecule has 0 saturated carbocycles. The lowest BCUT2D eigenvalue weighted by Crippen LogP contribution is -2.20. The number of hydrogen-bond donors (Lipinski definition) is 0. The van der Waals surface area contributed by atoms with Gasteiger partial charge in [0.05, 0.1) is 17.8 Å². The van der Waals surface area contributed by atoms with Crippen LogP contribution in [0.15, 0.2) is 48.5 Å². The van der Waals surface area contributed by atoms with Gasteiger partial charge in [-0.3, -0.25) is 9.69 Å². The Morgan fingerprint density at radius 2 is 1.88 bits per heavy atom. The van der Waals surface area contributed by atoms with Gasteiger partial charge in [-0.25, -0.2) is 4.39 Å². The Bertz CT molecular complexity index is 594. The van der Waals surface area contributed by atoms with Crippen molar-refractivity contribution in [3.8, 4) is 0 Å². The lowest BCUT2D eigenvalue weighted by atomic mass is 10.2. The maximum absolute atomic E-state index is 13.2. The summed E-state index contributed by atoms with van der Waals surface area (Å²) in [5.41, 5.74) is 2.42. The van der Waals surface area contributed by atoms with Crippen LogP contribution in [-0.4, -0.2) is 5.91 Å². The van der Waals surface area contributed by atoms with Gasteiger partial charge in [-0.05, 0) is 29.8 Å². The Balaban J connectivity index is 2.13. The van der Waals surface area contributed by atoms with Crippen LogP contribution in [0.2, 0.25) is 0 Å². The first kappa shape index (κ1) is 10.0. The van der Waals surface area contributed by atoms with E-state index in [2.05, 4.69) is 0 Å². The number of benzene rings is 2. The molecule has 0 bridgehead atoms. The normalized spacial score (nSPS) is 13.9. The lowest BCUT2D eigenvalue weighted by molar-refractivity contribution is -0.116. The highest BCUT2D eigenvalue weighted by molar-refractivity contribution is 6.07. The second-order valence-electron chi connectivity index (χ2n) is 4.01. The summed E-state index contributed by atoms with van der Waals surface area (Å²) in [4.78, 5) is 13.5. The predicted octanol–water partition coefficient (Wildman–Crippen LogP) is 3.05. The Morgan fingerprint density at radius 1 is 1.06 bits per heavy atom. The second kappa shape index (κ2) is 3.70. The minimum absolute atomic E-state index is 0.0169. The summed E-state index contributed by atoms with van der Waals surface area (Å²) in [5, 5.41) is 0. The molecule has 3 rings (SSSR count). The number of rotatable bonds is 1. The maximum atomic E-state index is 13.2. The van der Waals surface area contributed by atoms with Gasteiger partial charge in [0.2, 0.25) is 5.91 Å². The van der Waals surface area contributed by atoms with E-state index in [1.165, 1.54) is 12.1 Å². The van der Waals surface area contributed by atoms with Crippen LogP contribution in [-0.2, 0) is 11.2 Å². The van der Waals surface area contributed by atoms with E-state index >= 15 is 0 Å². The van der Waals surface area contributed by atoms with E-state index in [9.17, 15) is 9.18 Å². The smallest absolute Gasteiger partial charge is 0.236 e. The molecule has 2 aromatic carbocycles. The molecular weight excluding hydrogens is 217 g/mol. The van der Waals surface area contributed by atoms with Gasteiger partial charge in [-0.1, -0.05) is 24.3 Å². The molecule has 17 heavy (non-hydrogen) atoms. The molecular formula is C14H10FNO. The number of amides is 1. The van der Waals surface area contributed by atoms with Crippen molar-refractivity contribution in [1.29, 1.82) is 0 Å². The third kappa shape index (κ3) is 1.60. The summed E-state index contributed by atoms with van der Waals surface area (Å²) >= 11 is 0. The first-order chi connectivity index (χ1) is 8.25. The van der Waals surface area contributed by atoms with Crippen molar-refractivity contribution in [3.05, 3.63) is 59.9 Å². The molecule has 0 aromatic heterocycles.